The Morgan fingerprint density at radius 2 is 1.86 bits per heavy atom. The van der Waals surface area contributed by atoms with E-state index in [4.69, 9.17) is 4.74 Å². The second-order valence-electron chi connectivity index (χ2n) is 6.58. The lowest BCUT2D eigenvalue weighted by Gasteiger charge is -2.32. The largest absolute Gasteiger partial charge is 0.375 e. The van der Waals surface area contributed by atoms with E-state index in [1.807, 2.05) is 0 Å². The van der Waals surface area contributed by atoms with Gasteiger partial charge in [0.05, 0.1) is 0 Å². The topological polar surface area (TPSA) is 70.7 Å². The van der Waals surface area contributed by atoms with Crippen LogP contribution in [0.2, 0.25) is 0 Å². The summed E-state index contributed by atoms with van der Waals surface area (Å²) in [6, 6.07) is 0.179. The molecule has 6 heteroatoms. The number of hydrogen-bond acceptors (Lipinski definition) is 4. The molecule has 0 aliphatic carbocycles. The van der Waals surface area contributed by atoms with Crippen molar-refractivity contribution in [1.29, 1.82) is 0 Å². The van der Waals surface area contributed by atoms with E-state index in [9.17, 15) is 9.59 Å². The summed E-state index contributed by atoms with van der Waals surface area (Å²) >= 11 is 0. The van der Waals surface area contributed by atoms with Crippen molar-refractivity contribution in [2.45, 2.75) is 51.6 Å². The van der Waals surface area contributed by atoms with Crippen LogP contribution in [0.1, 0.15) is 40.0 Å². The molecule has 0 bridgehead atoms. The van der Waals surface area contributed by atoms with Gasteiger partial charge in [-0.1, -0.05) is 0 Å². The Balaban J connectivity index is 2.20. The lowest BCUT2D eigenvalue weighted by Crippen LogP contribution is -2.48. The van der Waals surface area contributed by atoms with Crippen LogP contribution < -0.4 is 10.6 Å². The molecule has 122 valence electrons. The predicted molar refractivity (Wildman–Crippen MR) is 82.0 cm³/mol. The highest BCUT2D eigenvalue weighted by Gasteiger charge is 2.23. The van der Waals surface area contributed by atoms with Crippen molar-refractivity contribution in [1.82, 2.24) is 15.5 Å². The van der Waals surface area contributed by atoms with Crippen molar-refractivity contribution < 1.29 is 14.3 Å². The summed E-state index contributed by atoms with van der Waals surface area (Å²) in [5.41, 5.74) is 0.0350. The van der Waals surface area contributed by atoms with Gasteiger partial charge >= 0.3 is 0 Å². The van der Waals surface area contributed by atoms with E-state index in [1.54, 1.807) is 4.90 Å². The van der Waals surface area contributed by atoms with Gasteiger partial charge in [0.1, 0.15) is 6.61 Å². The Bertz CT molecular complexity index is 345. The standard InChI is InChI=1S/C15H29N3O3/c1-15(2,3)16-8-5-13(19)17-12-6-9-18(10-7-12)14(20)11-21-4/h12,16H,5-11H2,1-4H3,(H,17,19). The molecular formula is C15H29N3O3. The molecule has 0 aromatic heterocycles. The number of piperidine rings is 1. The third-order valence-corrected chi connectivity index (χ3v) is 3.49. The Hall–Kier alpha value is -1.14. The normalized spacial score (nSPS) is 16.9. The Kier molecular flexibility index (Phi) is 7.11. The fraction of sp³-hybridized carbons (Fsp3) is 0.867. The number of rotatable bonds is 6. The zero-order valence-corrected chi connectivity index (χ0v) is 13.7. The summed E-state index contributed by atoms with van der Waals surface area (Å²) in [6.07, 6.45) is 2.11. The monoisotopic (exact) mass is 299 g/mol. The number of hydrogen-bond donors (Lipinski definition) is 2. The molecule has 2 N–H and O–H groups in total. The molecule has 6 nitrogen and oxygen atoms in total. The van der Waals surface area contributed by atoms with E-state index < -0.39 is 0 Å². The molecule has 1 fully saturated rings. The highest BCUT2D eigenvalue weighted by molar-refractivity contribution is 5.78. The first-order valence-corrected chi connectivity index (χ1v) is 7.63. The second kappa shape index (κ2) is 8.34. The number of carbonyl (C=O) groups excluding carboxylic acids is 2. The van der Waals surface area contributed by atoms with Gasteiger partial charge in [0, 0.05) is 44.7 Å². The lowest BCUT2D eigenvalue weighted by atomic mass is 10.0. The summed E-state index contributed by atoms with van der Waals surface area (Å²) in [5, 5.41) is 6.35. The average molecular weight is 299 g/mol. The minimum Gasteiger partial charge on any atom is -0.375 e. The quantitative estimate of drug-likeness (QED) is 0.750. The third kappa shape index (κ3) is 7.43. The van der Waals surface area contributed by atoms with Gasteiger partial charge in [-0.15, -0.1) is 0 Å². The smallest absolute Gasteiger partial charge is 0.248 e. The Labute approximate surface area is 127 Å². The van der Waals surface area contributed by atoms with Crippen LogP contribution in [0, 0.1) is 0 Å². The SMILES string of the molecule is COCC(=O)N1CCC(NC(=O)CCNC(C)(C)C)CC1. The fourth-order valence-electron chi connectivity index (χ4n) is 2.34. The van der Waals surface area contributed by atoms with Gasteiger partial charge in [-0.3, -0.25) is 9.59 Å². The van der Waals surface area contributed by atoms with Gasteiger partial charge in [0.2, 0.25) is 11.8 Å². The number of carbonyl (C=O) groups is 2. The molecule has 1 heterocycles. The zero-order chi connectivity index (χ0) is 15.9. The second-order valence-corrected chi connectivity index (χ2v) is 6.58. The van der Waals surface area contributed by atoms with Crippen molar-refractivity contribution in [3.05, 3.63) is 0 Å². The third-order valence-electron chi connectivity index (χ3n) is 3.49. The van der Waals surface area contributed by atoms with Gasteiger partial charge in [-0.05, 0) is 33.6 Å². The molecule has 0 aromatic carbocycles. The van der Waals surface area contributed by atoms with E-state index in [2.05, 4.69) is 31.4 Å². The van der Waals surface area contributed by atoms with Crippen LogP contribution in [0.5, 0.6) is 0 Å². The summed E-state index contributed by atoms with van der Waals surface area (Å²) in [5.74, 6) is 0.102. The number of likely N-dealkylation sites (tertiary alicyclic amines) is 1. The van der Waals surface area contributed by atoms with Crippen LogP contribution in [0.4, 0.5) is 0 Å². The van der Waals surface area contributed by atoms with Gasteiger partial charge in [-0.25, -0.2) is 0 Å². The first kappa shape index (κ1) is 17.9. The minimum atomic E-state index is 0.0247. The first-order valence-electron chi connectivity index (χ1n) is 7.63. The van der Waals surface area contributed by atoms with E-state index in [0.29, 0.717) is 26.1 Å². The van der Waals surface area contributed by atoms with Crippen LogP contribution >= 0.6 is 0 Å². The Morgan fingerprint density at radius 1 is 1.24 bits per heavy atom. The molecule has 0 aromatic rings. The molecule has 21 heavy (non-hydrogen) atoms. The average Bonchev–Trinajstić information content (AvgIpc) is 2.38. The number of ether oxygens (including phenoxy) is 1. The van der Waals surface area contributed by atoms with Crippen LogP contribution in [0.25, 0.3) is 0 Å². The molecular weight excluding hydrogens is 270 g/mol. The van der Waals surface area contributed by atoms with E-state index in [-0.39, 0.29) is 30.0 Å². The predicted octanol–water partition coefficient (Wildman–Crippen LogP) is 0.518. The number of nitrogens with zero attached hydrogens (tertiary/aromatic N) is 1. The molecule has 2 amide bonds. The van der Waals surface area contributed by atoms with Crippen molar-refractivity contribution in [3.8, 4) is 0 Å². The van der Waals surface area contributed by atoms with E-state index in [1.165, 1.54) is 7.11 Å². The number of nitrogens with one attached hydrogen (secondary N) is 2. The van der Waals surface area contributed by atoms with Crippen LogP contribution in [-0.2, 0) is 14.3 Å². The zero-order valence-electron chi connectivity index (χ0n) is 13.7. The van der Waals surface area contributed by atoms with E-state index in [0.717, 1.165) is 12.8 Å². The molecule has 1 aliphatic heterocycles. The van der Waals surface area contributed by atoms with Gasteiger partial charge in [0.25, 0.3) is 0 Å². The highest BCUT2D eigenvalue weighted by atomic mass is 16.5. The maximum Gasteiger partial charge on any atom is 0.248 e. The highest BCUT2D eigenvalue weighted by Crippen LogP contribution is 2.10. The molecule has 0 saturated carbocycles. The molecule has 0 atom stereocenters. The van der Waals surface area contributed by atoms with Crippen LogP contribution in [-0.4, -0.2) is 61.6 Å². The summed E-state index contributed by atoms with van der Waals surface area (Å²) in [6.45, 7) is 8.43. The summed E-state index contributed by atoms with van der Waals surface area (Å²) < 4.78 is 4.85. The molecule has 0 spiro atoms. The first-order chi connectivity index (χ1) is 9.81. The number of methoxy groups -OCH3 is 1. The maximum absolute atomic E-state index is 11.9. The number of amides is 2. The van der Waals surface area contributed by atoms with Gasteiger partial charge in [0.15, 0.2) is 0 Å². The van der Waals surface area contributed by atoms with Crippen LogP contribution in [0.3, 0.4) is 0 Å². The van der Waals surface area contributed by atoms with Gasteiger partial charge in [-0.2, -0.15) is 0 Å². The molecule has 1 saturated heterocycles. The van der Waals surface area contributed by atoms with Crippen molar-refractivity contribution in [2.24, 2.45) is 0 Å². The Morgan fingerprint density at radius 3 is 2.38 bits per heavy atom. The van der Waals surface area contributed by atoms with Gasteiger partial charge < -0.3 is 20.3 Å². The summed E-state index contributed by atoms with van der Waals surface area (Å²) in [4.78, 5) is 25.3. The lowest BCUT2D eigenvalue weighted by molar-refractivity contribution is -0.136. The van der Waals surface area contributed by atoms with Crippen molar-refractivity contribution in [3.63, 3.8) is 0 Å². The molecule has 0 unspecified atom stereocenters. The molecule has 0 radical (unpaired) electrons. The minimum absolute atomic E-state index is 0.0247. The van der Waals surface area contributed by atoms with Crippen molar-refractivity contribution in [2.75, 3.05) is 33.4 Å². The maximum atomic E-state index is 11.9. The van der Waals surface area contributed by atoms with Crippen LogP contribution in [0.15, 0.2) is 0 Å². The molecule has 1 rings (SSSR count). The van der Waals surface area contributed by atoms with Crippen molar-refractivity contribution >= 4 is 11.8 Å². The fourth-order valence-corrected chi connectivity index (χ4v) is 2.34. The molecule has 1 aliphatic rings. The van der Waals surface area contributed by atoms with E-state index >= 15 is 0 Å². The summed E-state index contributed by atoms with van der Waals surface area (Å²) in [7, 11) is 1.52.